The van der Waals surface area contributed by atoms with Crippen molar-refractivity contribution in [3.63, 3.8) is 0 Å². The van der Waals surface area contributed by atoms with Crippen LogP contribution < -0.4 is 5.32 Å². The van der Waals surface area contributed by atoms with E-state index in [1.807, 2.05) is 6.07 Å². The molecule has 1 aromatic carbocycles. The van der Waals surface area contributed by atoms with E-state index in [1.165, 1.54) is 25.3 Å². The van der Waals surface area contributed by atoms with Crippen molar-refractivity contribution in [2.75, 3.05) is 6.54 Å². The molecule has 0 saturated heterocycles. The lowest BCUT2D eigenvalue weighted by molar-refractivity contribution is 0.440. The average Bonchev–Trinajstić information content (AvgIpc) is 3.12. The summed E-state index contributed by atoms with van der Waals surface area (Å²) >= 11 is 0. The van der Waals surface area contributed by atoms with Gasteiger partial charge in [-0.05, 0) is 30.7 Å². The maximum atomic E-state index is 13.7. The number of halogens is 1. The Morgan fingerprint density at radius 2 is 2.24 bits per heavy atom. The number of rotatable bonds is 5. The topological polar surface area (TPSA) is 35.8 Å². The molecule has 0 bridgehead atoms. The molecule has 1 aliphatic carbocycles. The van der Waals surface area contributed by atoms with Crippen LogP contribution in [-0.2, 0) is 6.54 Å². The second-order valence-electron chi connectivity index (χ2n) is 4.85. The highest BCUT2D eigenvalue weighted by atomic mass is 19.1. The second kappa shape index (κ2) is 4.85. The van der Waals surface area contributed by atoms with Crippen LogP contribution >= 0.6 is 0 Å². The van der Waals surface area contributed by atoms with Gasteiger partial charge in [0.1, 0.15) is 11.9 Å². The van der Waals surface area contributed by atoms with E-state index in [2.05, 4.69) is 12.2 Å². The summed E-state index contributed by atoms with van der Waals surface area (Å²) in [6, 6.07) is 6.83. The first-order valence-corrected chi connectivity index (χ1v) is 6.09. The summed E-state index contributed by atoms with van der Waals surface area (Å²) in [4.78, 5) is 0. The zero-order valence-corrected chi connectivity index (χ0v) is 10.1. The number of hydrogen-bond donors (Lipinski definition) is 1. The molecule has 0 radical (unpaired) electrons. The Hall–Kier alpha value is -1.40. The van der Waals surface area contributed by atoms with Crippen molar-refractivity contribution in [1.29, 1.82) is 5.26 Å². The van der Waals surface area contributed by atoms with E-state index in [1.54, 1.807) is 12.1 Å². The third-order valence-corrected chi connectivity index (χ3v) is 3.72. The summed E-state index contributed by atoms with van der Waals surface area (Å²) in [7, 11) is 0. The Labute approximate surface area is 101 Å². The molecule has 1 N–H and O–H groups in total. The Morgan fingerprint density at radius 3 is 2.82 bits per heavy atom. The van der Waals surface area contributed by atoms with Crippen LogP contribution in [0.4, 0.5) is 4.39 Å². The smallest absolute Gasteiger partial charge is 0.145 e. The van der Waals surface area contributed by atoms with E-state index < -0.39 is 0 Å². The van der Waals surface area contributed by atoms with E-state index >= 15 is 0 Å². The molecule has 90 valence electrons. The van der Waals surface area contributed by atoms with E-state index in [-0.39, 0.29) is 11.4 Å². The molecule has 1 saturated carbocycles. The lowest BCUT2D eigenvalue weighted by Crippen LogP contribution is -2.23. The fourth-order valence-corrected chi connectivity index (χ4v) is 2.10. The van der Waals surface area contributed by atoms with Crippen LogP contribution in [0.2, 0.25) is 0 Å². The number of hydrogen-bond acceptors (Lipinski definition) is 2. The number of nitrogens with one attached hydrogen (secondary N) is 1. The molecule has 2 nitrogen and oxygen atoms in total. The normalized spacial score (nSPS) is 16.5. The maximum absolute atomic E-state index is 13.7. The van der Waals surface area contributed by atoms with Crippen LogP contribution in [-0.4, -0.2) is 6.54 Å². The first kappa shape index (κ1) is 12.1. The van der Waals surface area contributed by atoms with E-state index in [0.717, 1.165) is 6.54 Å². The van der Waals surface area contributed by atoms with Gasteiger partial charge in [-0.15, -0.1) is 0 Å². The minimum absolute atomic E-state index is 0.126. The first-order valence-electron chi connectivity index (χ1n) is 6.09. The molecule has 0 aromatic heterocycles. The number of benzene rings is 1. The molecule has 0 spiro atoms. The van der Waals surface area contributed by atoms with Gasteiger partial charge in [0.15, 0.2) is 0 Å². The summed E-state index contributed by atoms with van der Waals surface area (Å²) < 4.78 is 13.7. The van der Waals surface area contributed by atoms with Crippen molar-refractivity contribution < 1.29 is 4.39 Å². The predicted molar refractivity (Wildman–Crippen MR) is 64.8 cm³/mol. The molecule has 0 atom stereocenters. The number of nitriles is 1. The lowest BCUT2D eigenvalue weighted by atomic mass is 10.0. The van der Waals surface area contributed by atoms with Crippen LogP contribution in [0.25, 0.3) is 0 Å². The highest BCUT2D eigenvalue weighted by molar-refractivity contribution is 5.34. The highest BCUT2D eigenvalue weighted by Crippen LogP contribution is 2.47. The van der Waals surface area contributed by atoms with Crippen LogP contribution in [0.15, 0.2) is 18.2 Å². The van der Waals surface area contributed by atoms with Gasteiger partial charge in [0.25, 0.3) is 0 Å². The molecule has 0 amide bonds. The second-order valence-corrected chi connectivity index (χ2v) is 4.85. The fourth-order valence-electron chi connectivity index (χ4n) is 2.10. The van der Waals surface area contributed by atoms with Gasteiger partial charge in [0.05, 0.1) is 5.56 Å². The van der Waals surface area contributed by atoms with E-state index in [9.17, 15) is 4.39 Å². The minimum atomic E-state index is -0.385. The summed E-state index contributed by atoms with van der Waals surface area (Å²) in [5, 5.41) is 12.0. The van der Waals surface area contributed by atoms with Crippen LogP contribution in [0, 0.1) is 22.6 Å². The van der Waals surface area contributed by atoms with Gasteiger partial charge in [0, 0.05) is 18.7 Å². The molecular weight excluding hydrogens is 215 g/mol. The van der Waals surface area contributed by atoms with Crippen molar-refractivity contribution >= 4 is 0 Å². The molecule has 1 fully saturated rings. The van der Waals surface area contributed by atoms with Crippen molar-refractivity contribution in [2.24, 2.45) is 5.41 Å². The van der Waals surface area contributed by atoms with E-state index in [0.29, 0.717) is 17.5 Å². The Morgan fingerprint density at radius 1 is 1.47 bits per heavy atom. The highest BCUT2D eigenvalue weighted by Gasteiger charge is 2.39. The zero-order valence-electron chi connectivity index (χ0n) is 10.1. The average molecular weight is 232 g/mol. The molecule has 1 aliphatic rings. The monoisotopic (exact) mass is 232 g/mol. The minimum Gasteiger partial charge on any atom is -0.312 e. The Bertz CT molecular complexity index is 444. The summed E-state index contributed by atoms with van der Waals surface area (Å²) in [6.45, 7) is 3.65. The van der Waals surface area contributed by atoms with Crippen molar-refractivity contribution in [3.05, 3.63) is 35.1 Å². The van der Waals surface area contributed by atoms with Crippen LogP contribution in [0.5, 0.6) is 0 Å². The first-order chi connectivity index (χ1) is 8.21. The van der Waals surface area contributed by atoms with Crippen molar-refractivity contribution in [2.45, 2.75) is 32.7 Å². The van der Waals surface area contributed by atoms with Gasteiger partial charge in [0.2, 0.25) is 0 Å². The van der Waals surface area contributed by atoms with Gasteiger partial charge in [-0.2, -0.15) is 5.26 Å². The Kier molecular flexibility index (Phi) is 3.44. The Balaban J connectivity index is 1.93. The zero-order chi connectivity index (χ0) is 12.3. The molecule has 1 aromatic rings. The van der Waals surface area contributed by atoms with Crippen molar-refractivity contribution in [1.82, 2.24) is 5.32 Å². The third kappa shape index (κ3) is 2.65. The summed E-state index contributed by atoms with van der Waals surface area (Å²) in [5.41, 5.74) is 1.17. The fraction of sp³-hybridized carbons (Fsp3) is 0.500. The molecule has 17 heavy (non-hydrogen) atoms. The molecular formula is C14H17FN2. The predicted octanol–water partition coefficient (Wildman–Crippen LogP) is 2.98. The molecule has 0 unspecified atom stereocenters. The molecule has 3 heteroatoms. The van der Waals surface area contributed by atoms with Gasteiger partial charge in [-0.3, -0.25) is 0 Å². The van der Waals surface area contributed by atoms with Gasteiger partial charge in [-0.25, -0.2) is 4.39 Å². The van der Waals surface area contributed by atoms with E-state index in [4.69, 9.17) is 5.26 Å². The SMILES string of the molecule is CCC1(CNCc2cccc(C#N)c2F)CC1. The summed E-state index contributed by atoms with van der Waals surface area (Å²) in [6.07, 6.45) is 3.73. The van der Waals surface area contributed by atoms with Crippen molar-refractivity contribution in [3.8, 4) is 6.07 Å². The quantitative estimate of drug-likeness (QED) is 0.847. The largest absolute Gasteiger partial charge is 0.312 e. The molecule has 0 heterocycles. The van der Waals surface area contributed by atoms with Gasteiger partial charge >= 0.3 is 0 Å². The van der Waals surface area contributed by atoms with Gasteiger partial charge < -0.3 is 5.32 Å². The number of nitrogens with zero attached hydrogens (tertiary/aromatic N) is 1. The standard InChI is InChI=1S/C14H17FN2/c1-2-14(6-7-14)10-17-9-12-5-3-4-11(8-16)13(12)15/h3-5,17H,2,6-7,9-10H2,1H3. The maximum Gasteiger partial charge on any atom is 0.145 e. The molecule has 2 rings (SSSR count). The third-order valence-electron chi connectivity index (χ3n) is 3.72. The van der Waals surface area contributed by atoms with Crippen LogP contribution in [0.3, 0.4) is 0 Å². The van der Waals surface area contributed by atoms with Gasteiger partial charge in [-0.1, -0.05) is 19.1 Å². The molecule has 0 aliphatic heterocycles. The lowest BCUT2D eigenvalue weighted by Gasteiger charge is -2.13. The van der Waals surface area contributed by atoms with Crippen LogP contribution in [0.1, 0.15) is 37.3 Å². The summed E-state index contributed by atoms with van der Waals surface area (Å²) in [5.74, 6) is -0.385.